The first-order valence-electron chi connectivity index (χ1n) is 7.86. The largest absolute Gasteiger partial charge is 0.392 e. The maximum Gasteiger partial charge on any atom is 0.259 e. The van der Waals surface area contributed by atoms with Gasteiger partial charge in [-0.25, -0.2) is 4.68 Å². The van der Waals surface area contributed by atoms with E-state index in [1.165, 1.54) is 0 Å². The second-order valence-corrected chi connectivity index (χ2v) is 5.42. The highest BCUT2D eigenvalue weighted by Gasteiger charge is 2.17. The fraction of sp³-hybridized carbons (Fsp3) is 0.158. The zero-order chi connectivity index (χ0) is 16.9. The summed E-state index contributed by atoms with van der Waals surface area (Å²) in [6, 6.07) is 16.9. The van der Waals surface area contributed by atoms with E-state index < -0.39 is 0 Å². The molecular weight excluding hydrogens is 302 g/mol. The molecule has 0 aliphatic rings. The van der Waals surface area contributed by atoms with E-state index in [-0.39, 0.29) is 12.5 Å². The van der Waals surface area contributed by atoms with Crippen LogP contribution in [0, 0.1) is 0 Å². The SMILES string of the molecule is CCc1c(C(=O)Nc2cccc(CO)c2)cnn1-c1ccccc1. The van der Waals surface area contributed by atoms with Crippen molar-refractivity contribution < 1.29 is 9.90 Å². The summed E-state index contributed by atoms with van der Waals surface area (Å²) in [6.07, 6.45) is 2.28. The van der Waals surface area contributed by atoms with E-state index in [2.05, 4.69) is 10.4 Å². The third-order valence-electron chi connectivity index (χ3n) is 3.82. The van der Waals surface area contributed by atoms with Crippen LogP contribution in [0.5, 0.6) is 0 Å². The van der Waals surface area contributed by atoms with Gasteiger partial charge in [-0.1, -0.05) is 37.3 Å². The molecule has 0 saturated heterocycles. The fourth-order valence-electron chi connectivity index (χ4n) is 2.64. The topological polar surface area (TPSA) is 67.2 Å². The van der Waals surface area contributed by atoms with Crippen LogP contribution in [0.25, 0.3) is 5.69 Å². The van der Waals surface area contributed by atoms with E-state index in [1.807, 2.05) is 37.3 Å². The van der Waals surface area contributed by atoms with Gasteiger partial charge in [0.15, 0.2) is 0 Å². The van der Waals surface area contributed by atoms with Gasteiger partial charge >= 0.3 is 0 Å². The van der Waals surface area contributed by atoms with Crippen LogP contribution in [0.1, 0.15) is 28.5 Å². The molecule has 0 saturated carbocycles. The minimum atomic E-state index is -0.205. The highest BCUT2D eigenvalue weighted by atomic mass is 16.3. The van der Waals surface area contributed by atoms with Crippen LogP contribution in [-0.2, 0) is 13.0 Å². The van der Waals surface area contributed by atoms with Gasteiger partial charge < -0.3 is 10.4 Å². The Balaban J connectivity index is 1.89. The van der Waals surface area contributed by atoms with Crippen molar-refractivity contribution in [2.45, 2.75) is 20.0 Å². The van der Waals surface area contributed by atoms with Crippen LogP contribution in [-0.4, -0.2) is 20.8 Å². The molecule has 1 amide bonds. The molecule has 0 aliphatic heterocycles. The van der Waals surface area contributed by atoms with Crippen molar-refractivity contribution in [1.82, 2.24) is 9.78 Å². The van der Waals surface area contributed by atoms with E-state index in [0.29, 0.717) is 17.7 Å². The molecule has 2 N–H and O–H groups in total. The van der Waals surface area contributed by atoms with E-state index in [4.69, 9.17) is 0 Å². The molecule has 24 heavy (non-hydrogen) atoms. The molecule has 5 heteroatoms. The zero-order valence-electron chi connectivity index (χ0n) is 13.4. The molecule has 0 radical (unpaired) electrons. The van der Waals surface area contributed by atoms with Crippen LogP contribution in [0.4, 0.5) is 5.69 Å². The summed E-state index contributed by atoms with van der Waals surface area (Å²) in [5, 5.41) is 16.4. The Hall–Kier alpha value is -2.92. The normalized spacial score (nSPS) is 10.6. The second-order valence-electron chi connectivity index (χ2n) is 5.42. The van der Waals surface area contributed by atoms with Crippen molar-refractivity contribution in [1.29, 1.82) is 0 Å². The van der Waals surface area contributed by atoms with Gasteiger partial charge in [0.1, 0.15) is 0 Å². The molecule has 3 rings (SSSR count). The number of aliphatic hydroxyl groups excluding tert-OH is 1. The van der Waals surface area contributed by atoms with Crippen molar-refractivity contribution in [3.05, 3.63) is 77.6 Å². The number of amides is 1. The summed E-state index contributed by atoms with van der Waals surface area (Å²) < 4.78 is 1.79. The predicted molar refractivity (Wildman–Crippen MR) is 93.3 cm³/mol. The first kappa shape index (κ1) is 16.0. The average Bonchev–Trinajstić information content (AvgIpc) is 3.06. The summed E-state index contributed by atoms with van der Waals surface area (Å²) in [4.78, 5) is 12.6. The third kappa shape index (κ3) is 3.21. The van der Waals surface area contributed by atoms with Crippen LogP contribution >= 0.6 is 0 Å². The Morgan fingerprint density at radius 3 is 2.67 bits per heavy atom. The van der Waals surface area contributed by atoms with Gasteiger partial charge in [-0.05, 0) is 36.2 Å². The minimum Gasteiger partial charge on any atom is -0.392 e. The summed E-state index contributed by atoms with van der Waals surface area (Å²) in [7, 11) is 0. The van der Waals surface area contributed by atoms with Gasteiger partial charge in [0, 0.05) is 5.69 Å². The number of nitrogens with zero attached hydrogens (tertiary/aromatic N) is 2. The summed E-state index contributed by atoms with van der Waals surface area (Å²) in [5.41, 5.74) is 3.74. The highest BCUT2D eigenvalue weighted by Crippen LogP contribution is 2.18. The van der Waals surface area contributed by atoms with Crippen molar-refractivity contribution in [3.63, 3.8) is 0 Å². The van der Waals surface area contributed by atoms with Crippen molar-refractivity contribution in [3.8, 4) is 5.69 Å². The Bertz CT molecular complexity index is 841. The number of aromatic nitrogens is 2. The van der Waals surface area contributed by atoms with Crippen molar-refractivity contribution in [2.75, 3.05) is 5.32 Å². The Morgan fingerprint density at radius 1 is 1.17 bits per heavy atom. The van der Waals surface area contributed by atoms with E-state index in [0.717, 1.165) is 16.9 Å². The van der Waals surface area contributed by atoms with Gasteiger partial charge in [-0.3, -0.25) is 4.79 Å². The number of carbonyl (C=O) groups is 1. The van der Waals surface area contributed by atoms with Gasteiger partial charge in [0.25, 0.3) is 5.91 Å². The molecule has 0 bridgehead atoms. The number of rotatable bonds is 5. The monoisotopic (exact) mass is 321 g/mol. The van der Waals surface area contributed by atoms with Gasteiger partial charge in [-0.2, -0.15) is 5.10 Å². The minimum absolute atomic E-state index is 0.0597. The quantitative estimate of drug-likeness (QED) is 0.758. The lowest BCUT2D eigenvalue weighted by Crippen LogP contribution is -2.14. The van der Waals surface area contributed by atoms with E-state index in [9.17, 15) is 9.90 Å². The molecule has 0 unspecified atom stereocenters. The van der Waals surface area contributed by atoms with Gasteiger partial charge in [0.2, 0.25) is 0 Å². The smallest absolute Gasteiger partial charge is 0.259 e. The highest BCUT2D eigenvalue weighted by molar-refractivity contribution is 6.05. The van der Waals surface area contributed by atoms with Gasteiger partial charge in [-0.15, -0.1) is 0 Å². The number of para-hydroxylation sites is 1. The Kier molecular flexibility index (Phi) is 4.72. The molecule has 3 aromatic rings. The van der Waals surface area contributed by atoms with Gasteiger partial charge in [0.05, 0.1) is 29.7 Å². The first-order chi connectivity index (χ1) is 11.7. The molecule has 5 nitrogen and oxygen atoms in total. The lowest BCUT2D eigenvalue weighted by atomic mass is 10.1. The Morgan fingerprint density at radius 2 is 1.96 bits per heavy atom. The number of anilines is 1. The lowest BCUT2D eigenvalue weighted by Gasteiger charge is -2.09. The maximum absolute atomic E-state index is 12.6. The summed E-state index contributed by atoms with van der Waals surface area (Å²) in [6.45, 7) is 1.94. The van der Waals surface area contributed by atoms with E-state index >= 15 is 0 Å². The lowest BCUT2D eigenvalue weighted by molar-refractivity contribution is 0.102. The molecule has 122 valence electrons. The molecular formula is C19H19N3O2. The molecule has 1 aromatic heterocycles. The number of nitrogens with one attached hydrogen (secondary N) is 1. The van der Waals surface area contributed by atoms with Crippen molar-refractivity contribution >= 4 is 11.6 Å². The molecule has 2 aromatic carbocycles. The number of aliphatic hydroxyl groups is 1. The third-order valence-corrected chi connectivity index (χ3v) is 3.82. The van der Waals surface area contributed by atoms with Crippen LogP contribution in [0.2, 0.25) is 0 Å². The summed E-state index contributed by atoms with van der Waals surface area (Å²) >= 11 is 0. The van der Waals surface area contributed by atoms with Crippen LogP contribution in [0.15, 0.2) is 60.8 Å². The number of hydrogen-bond acceptors (Lipinski definition) is 3. The number of carbonyl (C=O) groups excluding carboxylic acids is 1. The Labute approximate surface area is 140 Å². The summed E-state index contributed by atoms with van der Waals surface area (Å²) in [5.74, 6) is -0.205. The number of benzene rings is 2. The van der Waals surface area contributed by atoms with E-state index in [1.54, 1.807) is 35.1 Å². The predicted octanol–water partition coefficient (Wildman–Crippen LogP) is 3.18. The van der Waals surface area contributed by atoms with Crippen molar-refractivity contribution in [2.24, 2.45) is 0 Å². The maximum atomic E-state index is 12.6. The zero-order valence-corrected chi connectivity index (χ0v) is 13.4. The standard InChI is InChI=1S/C19H19N3O2/c1-2-18-17(12-20-22(18)16-9-4-3-5-10-16)19(24)21-15-8-6-7-14(11-15)13-23/h3-12,23H,2,13H2,1H3,(H,21,24). The first-order valence-corrected chi connectivity index (χ1v) is 7.86. The molecule has 0 fully saturated rings. The molecule has 0 aliphatic carbocycles. The van der Waals surface area contributed by atoms with Crippen LogP contribution in [0.3, 0.4) is 0 Å². The second kappa shape index (κ2) is 7.10. The fourth-order valence-corrected chi connectivity index (χ4v) is 2.64. The average molecular weight is 321 g/mol. The molecule has 0 atom stereocenters. The molecule has 0 spiro atoms. The number of hydrogen-bond donors (Lipinski definition) is 2. The molecule has 1 heterocycles. The van der Waals surface area contributed by atoms with Crippen LogP contribution < -0.4 is 5.32 Å².